The lowest BCUT2D eigenvalue weighted by atomic mass is 9.85. The van der Waals surface area contributed by atoms with E-state index in [9.17, 15) is 49.4 Å². The lowest BCUT2D eigenvalue weighted by molar-refractivity contribution is -0.276. The maximum absolute atomic E-state index is 14.1. The van der Waals surface area contributed by atoms with Crippen LogP contribution in [-0.4, -0.2) is 27.9 Å². The molecule has 0 spiro atoms. The Morgan fingerprint density at radius 3 is 2.03 bits per heavy atom. The summed E-state index contributed by atoms with van der Waals surface area (Å²) < 4.78 is 122. The number of carbonyl (C=O) groups is 1. The maximum Gasteiger partial charge on any atom is 0.435 e. The van der Waals surface area contributed by atoms with Crippen molar-refractivity contribution in [1.82, 2.24) is 4.98 Å². The second-order valence-corrected chi connectivity index (χ2v) is 7.20. The van der Waals surface area contributed by atoms with Crippen molar-refractivity contribution in [3.63, 3.8) is 0 Å². The van der Waals surface area contributed by atoms with Gasteiger partial charge in [0.25, 0.3) is 5.60 Å². The summed E-state index contributed by atoms with van der Waals surface area (Å²) in [6.07, 6.45) is -17.6. The van der Waals surface area contributed by atoms with Crippen LogP contribution in [0.3, 0.4) is 0 Å². The summed E-state index contributed by atoms with van der Waals surface area (Å²) in [5.74, 6) is 3.26. The standard InChI is InChI=1S/C21H11F9N2O3/c1-2-3-14-13(17(33)34)4-5-15(31-14)16-9-18(35-32-16,21(28,29)30)10-6-11(19(22,23)24)8-12(7-10)20(25,26)27/h4-8H,9H2,1H3,(H,33,34). The van der Waals surface area contributed by atoms with E-state index in [2.05, 4.69) is 26.8 Å². The van der Waals surface area contributed by atoms with Crippen LogP contribution in [0.1, 0.15) is 51.8 Å². The molecular formula is C21H11F9N2O3. The molecule has 2 heterocycles. The van der Waals surface area contributed by atoms with Crippen molar-refractivity contribution >= 4 is 11.7 Å². The van der Waals surface area contributed by atoms with E-state index in [4.69, 9.17) is 0 Å². The molecule has 2 aromatic rings. The Hall–Kier alpha value is -3.76. The molecule has 186 valence electrons. The highest BCUT2D eigenvalue weighted by atomic mass is 19.4. The van der Waals surface area contributed by atoms with E-state index in [1.165, 1.54) is 6.92 Å². The van der Waals surface area contributed by atoms with E-state index in [0.29, 0.717) is 0 Å². The lowest BCUT2D eigenvalue weighted by Crippen LogP contribution is -2.43. The Morgan fingerprint density at radius 2 is 1.57 bits per heavy atom. The predicted octanol–water partition coefficient (Wildman–Crippen LogP) is 5.77. The number of aromatic carboxylic acids is 1. The van der Waals surface area contributed by atoms with E-state index >= 15 is 0 Å². The average molecular weight is 510 g/mol. The van der Waals surface area contributed by atoms with Crippen molar-refractivity contribution in [2.24, 2.45) is 5.16 Å². The quantitative estimate of drug-likeness (QED) is 0.421. The van der Waals surface area contributed by atoms with Crippen LogP contribution in [0.25, 0.3) is 0 Å². The van der Waals surface area contributed by atoms with Gasteiger partial charge >= 0.3 is 24.5 Å². The average Bonchev–Trinajstić information content (AvgIpc) is 3.19. The number of alkyl halides is 9. The molecule has 1 atom stereocenters. The van der Waals surface area contributed by atoms with E-state index in [0.717, 1.165) is 12.1 Å². The summed E-state index contributed by atoms with van der Waals surface area (Å²) in [6.45, 7) is 1.33. The third kappa shape index (κ3) is 4.89. The molecule has 0 saturated carbocycles. The number of hydrogen-bond donors (Lipinski definition) is 1. The Bertz CT molecular complexity index is 1240. The van der Waals surface area contributed by atoms with Crippen molar-refractivity contribution in [1.29, 1.82) is 0 Å². The minimum absolute atomic E-state index is 0.0872. The minimum Gasteiger partial charge on any atom is -0.478 e. The molecule has 0 aliphatic carbocycles. The van der Waals surface area contributed by atoms with Crippen molar-refractivity contribution < 1.29 is 54.3 Å². The van der Waals surface area contributed by atoms with Crippen LogP contribution in [0.2, 0.25) is 0 Å². The summed E-state index contributed by atoms with van der Waals surface area (Å²) in [6, 6.07) is 1.44. The molecule has 1 aromatic heterocycles. The molecule has 1 aromatic carbocycles. The monoisotopic (exact) mass is 510 g/mol. The van der Waals surface area contributed by atoms with Gasteiger partial charge in [-0.1, -0.05) is 11.1 Å². The first-order valence-electron chi connectivity index (χ1n) is 9.29. The number of benzene rings is 1. The van der Waals surface area contributed by atoms with Crippen molar-refractivity contribution in [2.45, 2.75) is 37.5 Å². The van der Waals surface area contributed by atoms with Gasteiger partial charge in [-0.3, -0.25) is 0 Å². The van der Waals surface area contributed by atoms with E-state index in [1.807, 2.05) is 0 Å². The first-order chi connectivity index (χ1) is 16.0. The normalized spacial score (nSPS) is 18.4. The summed E-state index contributed by atoms with van der Waals surface area (Å²) in [7, 11) is 0. The Labute approximate surface area is 190 Å². The fourth-order valence-electron chi connectivity index (χ4n) is 3.24. The third-order valence-electron chi connectivity index (χ3n) is 4.90. The van der Waals surface area contributed by atoms with Gasteiger partial charge < -0.3 is 9.94 Å². The third-order valence-corrected chi connectivity index (χ3v) is 4.90. The van der Waals surface area contributed by atoms with Crippen LogP contribution >= 0.6 is 0 Å². The number of hydrogen-bond acceptors (Lipinski definition) is 4. The van der Waals surface area contributed by atoms with E-state index in [-0.39, 0.29) is 29.6 Å². The number of nitrogens with zero attached hydrogens (tertiary/aromatic N) is 2. The van der Waals surface area contributed by atoms with Crippen LogP contribution < -0.4 is 0 Å². The molecule has 0 fully saturated rings. The smallest absolute Gasteiger partial charge is 0.435 e. The zero-order valence-corrected chi connectivity index (χ0v) is 17.2. The molecule has 0 bridgehead atoms. The first kappa shape index (κ1) is 25.9. The molecule has 1 unspecified atom stereocenters. The molecule has 1 N–H and O–H groups in total. The molecular weight excluding hydrogens is 499 g/mol. The van der Waals surface area contributed by atoms with Gasteiger partial charge in [-0.05, 0) is 43.2 Å². The predicted molar refractivity (Wildman–Crippen MR) is 100 cm³/mol. The van der Waals surface area contributed by atoms with E-state index < -0.39 is 64.5 Å². The van der Waals surface area contributed by atoms with Crippen molar-refractivity contribution in [3.8, 4) is 11.8 Å². The van der Waals surface area contributed by atoms with Gasteiger partial charge in [0.15, 0.2) is 0 Å². The Balaban J connectivity index is 2.16. The van der Waals surface area contributed by atoms with E-state index in [1.54, 1.807) is 0 Å². The molecule has 14 heteroatoms. The highest BCUT2D eigenvalue weighted by Crippen LogP contribution is 2.50. The summed E-state index contributed by atoms with van der Waals surface area (Å²) in [4.78, 5) is 19.6. The number of rotatable bonds is 3. The number of pyridine rings is 1. The van der Waals surface area contributed by atoms with Crippen molar-refractivity contribution in [3.05, 3.63) is 64.0 Å². The zero-order valence-electron chi connectivity index (χ0n) is 17.2. The van der Waals surface area contributed by atoms with Gasteiger partial charge in [0.1, 0.15) is 11.4 Å². The Morgan fingerprint density at radius 1 is 1.00 bits per heavy atom. The molecule has 0 amide bonds. The fourth-order valence-corrected chi connectivity index (χ4v) is 3.24. The number of aromatic nitrogens is 1. The number of oxime groups is 1. The largest absolute Gasteiger partial charge is 0.478 e. The molecule has 35 heavy (non-hydrogen) atoms. The minimum atomic E-state index is -5.52. The number of carboxylic acids is 1. The highest BCUT2D eigenvalue weighted by Gasteiger charge is 2.63. The Kier molecular flexibility index (Phi) is 6.26. The van der Waals surface area contributed by atoms with Crippen LogP contribution in [0, 0.1) is 11.8 Å². The van der Waals surface area contributed by atoms with Gasteiger partial charge in [0.2, 0.25) is 0 Å². The van der Waals surface area contributed by atoms with Crippen LogP contribution in [-0.2, 0) is 22.8 Å². The van der Waals surface area contributed by atoms with Gasteiger partial charge in [-0.15, -0.1) is 0 Å². The summed E-state index contributed by atoms with van der Waals surface area (Å²) in [5.41, 5.74) is -10.8. The SMILES string of the molecule is CC#Cc1nc(C2=NOC(c3cc(C(F)(F)F)cc(C(F)(F)F)c3)(C(F)(F)F)C2)ccc1C(=O)O. The molecule has 1 aliphatic heterocycles. The fraction of sp³-hybridized carbons (Fsp3) is 0.286. The number of halogens is 9. The zero-order chi connectivity index (χ0) is 26.4. The summed E-state index contributed by atoms with van der Waals surface area (Å²) >= 11 is 0. The molecule has 0 radical (unpaired) electrons. The van der Waals surface area contributed by atoms with Gasteiger partial charge in [-0.25, -0.2) is 9.78 Å². The summed E-state index contributed by atoms with van der Waals surface area (Å²) in [5, 5.41) is 12.4. The van der Waals surface area contributed by atoms with Gasteiger partial charge in [0, 0.05) is 5.56 Å². The second-order valence-electron chi connectivity index (χ2n) is 7.20. The molecule has 5 nitrogen and oxygen atoms in total. The van der Waals surface area contributed by atoms with Crippen molar-refractivity contribution in [2.75, 3.05) is 0 Å². The van der Waals surface area contributed by atoms with Crippen LogP contribution in [0.15, 0.2) is 35.5 Å². The number of carboxylic acid groups (broad SMARTS) is 1. The maximum atomic E-state index is 14.1. The topological polar surface area (TPSA) is 71.8 Å². The van der Waals surface area contributed by atoms with Gasteiger partial charge in [0.05, 0.1) is 28.8 Å². The second kappa shape index (κ2) is 8.47. The first-order valence-corrected chi connectivity index (χ1v) is 9.29. The molecule has 3 rings (SSSR count). The van der Waals surface area contributed by atoms with Gasteiger partial charge in [-0.2, -0.15) is 39.5 Å². The van der Waals surface area contributed by atoms with Crippen LogP contribution in [0.4, 0.5) is 39.5 Å². The van der Waals surface area contributed by atoms with Crippen LogP contribution in [0.5, 0.6) is 0 Å². The molecule has 1 aliphatic rings. The lowest BCUT2D eigenvalue weighted by Gasteiger charge is -2.30. The molecule has 0 saturated heterocycles. The highest BCUT2D eigenvalue weighted by molar-refractivity contribution is 6.01.